The maximum atomic E-state index is 12.4. The number of rotatable bonds is 22. The molecule has 3 rings (SSSR count). The lowest BCUT2D eigenvalue weighted by molar-refractivity contribution is -0.121. The van der Waals surface area contributed by atoms with E-state index in [9.17, 15) is 24.6 Å². The first-order chi connectivity index (χ1) is 23.0. The van der Waals surface area contributed by atoms with Gasteiger partial charge < -0.3 is 37.1 Å². The highest BCUT2D eigenvalue weighted by atomic mass is 35.5. The molecule has 0 radical (unpaired) electrons. The molecule has 1 amide bonds. The van der Waals surface area contributed by atoms with E-state index >= 15 is 0 Å². The van der Waals surface area contributed by atoms with Gasteiger partial charge in [-0.2, -0.15) is 0 Å². The fraction of sp³-hybridized carbons (Fsp3) is 0.429. The number of hydrogen-bond donors (Lipinski definition) is 6. The fourth-order valence-electron chi connectivity index (χ4n) is 5.19. The van der Waals surface area contributed by atoms with Crippen molar-refractivity contribution in [3.8, 4) is 11.5 Å². The number of nitrogens with zero attached hydrogens (tertiary/aromatic N) is 2. The molecule has 258 valence electrons. The molecular weight excluding hydrogens is 636 g/mol. The number of carbonyl (C=O) groups excluding carboxylic acids is 3. The molecule has 0 unspecified atom stereocenters. The third-order valence-corrected chi connectivity index (χ3v) is 8.29. The van der Waals surface area contributed by atoms with Crippen molar-refractivity contribution in [1.82, 2.24) is 9.97 Å². The van der Waals surface area contributed by atoms with Crippen LogP contribution in [0.2, 0.25) is 5.15 Å². The van der Waals surface area contributed by atoms with Gasteiger partial charge in [-0.3, -0.25) is 14.4 Å². The smallest absolute Gasteiger partial charge is 0.211 e. The number of nitrogens with one attached hydrogen (secondary N) is 2. The Balaban J connectivity index is 1.25. The van der Waals surface area contributed by atoms with E-state index in [1.165, 1.54) is 6.07 Å². The first-order valence-corrected chi connectivity index (χ1v) is 16.5. The highest BCUT2D eigenvalue weighted by Gasteiger charge is 2.18. The van der Waals surface area contributed by atoms with Gasteiger partial charge in [0.2, 0.25) is 6.41 Å². The highest BCUT2D eigenvalue weighted by molar-refractivity contribution is 6.31. The average Bonchev–Trinajstić information content (AvgIpc) is 3.05. The SMILES string of the molecule is C[C@H](CCCC(=O)COc1ccc(CCCCCC(=N)CC(=O)c2nc(Cl)c(N)nc2N)cc1)CC[C@H](O)c1ccc(O)c(NC=O)c1. The van der Waals surface area contributed by atoms with Gasteiger partial charge in [-0.15, -0.1) is 0 Å². The monoisotopic (exact) mass is 680 g/mol. The zero-order valence-corrected chi connectivity index (χ0v) is 28.0. The number of aromatic nitrogens is 2. The third-order valence-electron chi connectivity index (χ3n) is 8.02. The van der Waals surface area contributed by atoms with E-state index in [0.29, 0.717) is 48.6 Å². The van der Waals surface area contributed by atoms with Crippen LogP contribution in [0.1, 0.15) is 98.9 Å². The second kappa shape index (κ2) is 19.3. The molecule has 48 heavy (non-hydrogen) atoms. The number of aliphatic hydroxyl groups excluding tert-OH is 1. The number of anilines is 3. The third kappa shape index (κ3) is 12.6. The van der Waals surface area contributed by atoms with Crippen molar-refractivity contribution in [2.24, 2.45) is 5.92 Å². The molecule has 3 aromatic rings. The Kier molecular flexibility index (Phi) is 15.3. The van der Waals surface area contributed by atoms with E-state index in [0.717, 1.165) is 50.5 Å². The molecule has 1 aromatic heterocycles. The standard InChI is InChI=1S/C35H45ClN6O6/c1-22(10-16-29(45)24-13-17-30(46)28(18-24)40-21-43)6-5-9-26(44)20-48-27-14-11-23(12-15-27)7-3-2-4-8-25(37)19-31(47)32-34(38)42-35(39)33(36)41-32/h11-15,17-18,21-22,29,37,45-46H,2-10,16,19-20H2,1H3,(H,40,43)(H4,38,39,42)/t22-,29+/m1/s1. The van der Waals surface area contributed by atoms with E-state index < -0.39 is 11.9 Å². The molecule has 12 nitrogen and oxygen atoms in total. The Bertz CT molecular complexity index is 1550. The normalized spacial score (nSPS) is 12.2. The zero-order chi connectivity index (χ0) is 35.1. The molecule has 0 aliphatic rings. The molecule has 2 atom stereocenters. The molecule has 0 spiro atoms. The lowest BCUT2D eigenvalue weighted by Crippen LogP contribution is -2.14. The number of phenolic OH excluding ortho intramolecular Hbond substituents is 1. The number of aromatic hydroxyl groups is 1. The minimum absolute atomic E-state index is 0.0173. The Morgan fingerprint density at radius 2 is 1.75 bits per heavy atom. The van der Waals surface area contributed by atoms with Crippen molar-refractivity contribution < 1.29 is 29.3 Å². The van der Waals surface area contributed by atoms with Gasteiger partial charge in [-0.1, -0.05) is 49.6 Å². The van der Waals surface area contributed by atoms with Gasteiger partial charge in [0.05, 0.1) is 18.2 Å². The van der Waals surface area contributed by atoms with Gasteiger partial charge in [0.25, 0.3) is 0 Å². The molecule has 0 saturated heterocycles. The largest absolute Gasteiger partial charge is 0.506 e. The van der Waals surface area contributed by atoms with Crippen LogP contribution >= 0.6 is 11.6 Å². The number of unbranched alkanes of at least 4 members (excludes halogenated alkanes) is 2. The van der Waals surface area contributed by atoms with Gasteiger partial charge in [0, 0.05) is 12.1 Å². The molecule has 0 fully saturated rings. The summed E-state index contributed by atoms with van der Waals surface area (Å²) in [6.45, 7) is 2.11. The maximum Gasteiger partial charge on any atom is 0.211 e. The summed E-state index contributed by atoms with van der Waals surface area (Å²) in [5.74, 6) is 0.384. The fourth-order valence-corrected chi connectivity index (χ4v) is 5.31. The number of halogens is 1. The van der Waals surface area contributed by atoms with Crippen LogP contribution in [0.25, 0.3) is 0 Å². The van der Waals surface area contributed by atoms with Crippen LogP contribution < -0.4 is 21.5 Å². The second-order valence-corrected chi connectivity index (χ2v) is 12.4. The molecule has 0 bridgehead atoms. The van der Waals surface area contributed by atoms with Gasteiger partial charge in [-0.25, -0.2) is 9.97 Å². The van der Waals surface area contributed by atoms with Crippen molar-refractivity contribution in [2.75, 3.05) is 23.4 Å². The second-order valence-electron chi connectivity index (χ2n) is 12.0. The zero-order valence-electron chi connectivity index (χ0n) is 27.2. The highest BCUT2D eigenvalue weighted by Crippen LogP contribution is 2.30. The summed E-state index contributed by atoms with van der Waals surface area (Å²) in [5, 5.41) is 30.8. The maximum absolute atomic E-state index is 12.4. The number of ether oxygens (including phenoxy) is 1. The van der Waals surface area contributed by atoms with Crippen LogP contribution in [0.3, 0.4) is 0 Å². The number of phenols is 1. The van der Waals surface area contributed by atoms with Crippen molar-refractivity contribution in [3.05, 3.63) is 64.4 Å². The first kappa shape index (κ1) is 37.9. The molecule has 0 saturated carbocycles. The van der Waals surface area contributed by atoms with Crippen LogP contribution in [0.4, 0.5) is 17.3 Å². The molecular formula is C35H45ClN6O6. The predicted octanol–water partition coefficient (Wildman–Crippen LogP) is 6.23. The molecule has 13 heteroatoms. The quantitative estimate of drug-likeness (QED) is 0.0231. The number of ketones is 2. The van der Waals surface area contributed by atoms with Crippen LogP contribution in [0.5, 0.6) is 11.5 Å². The summed E-state index contributed by atoms with van der Waals surface area (Å²) >= 11 is 5.84. The number of carbonyl (C=O) groups is 3. The van der Waals surface area contributed by atoms with Crippen LogP contribution in [0.15, 0.2) is 42.5 Å². The van der Waals surface area contributed by atoms with Gasteiger partial charge in [0.1, 0.15) is 18.1 Å². The number of amides is 1. The first-order valence-electron chi connectivity index (χ1n) is 16.1. The number of nitrogen functional groups attached to an aromatic ring is 2. The number of aliphatic hydroxyl groups is 1. The predicted molar refractivity (Wildman–Crippen MR) is 187 cm³/mol. The average molecular weight is 681 g/mol. The van der Waals surface area contributed by atoms with E-state index in [1.54, 1.807) is 12.1 Å². The molecule has 1 heterocycles. The lowest BCUT2D eigenvalue weighted by Gasteiger charge is -2.16. The summed E-state index contributed by atoms with van der Waals surface area (Å²) in [6.07, 6.45) is 6.94. The summed E-state index contributed by atoms with van der Waals surface area (Å²) in [7, 11) is 0. The van der Waals surface area contributed by atoms with E-state index in [4.69, 9.17) is 33.2 Å². The van der Waals surface area contributed by atoms with Crippen LogP contribution in [-0.4, -0.2) is 50.5 Å². The summed E-state index contributed by atoms with van der Waals surface area (Å²) in [5.41, 5.74) is 13.5. The molecule has 0 aliphatic carbocycles. The van der Waals surface area contributed by atoms with Gasteiger partial charge in [0.15, 0.2) is 34.0 Å². The van der Waals surface area contributed by atoms with Crippen LogP contribution in [-0.2, 0) is 16.0 Å². The molecule has 0 aliphatic heterocycles. The van der Waals surface area contributed by atoms with E-state index in [-0.39, 0.29) is 52.7 Å². The number of Topliss-reactive ketones (excluding diaryl/α,β-unsaturated/α-hetero) is 2. The van der Waals surface area contributed by atoms with Gasteiger partial charge in [-0.05, 0) is 86.3 Å². The summed E-state index contributed by atoms with van der Waals surface area (Å²) in [4.78, 5) is 43.2. The number of hydrogen-bond acceptors (Lipinski definition) is 11. The minimum Gasteiger partial charge on any atom is -0.506 e. The topological polar surface area (TPSA) is 215 Å². The number of benzene rings is 2. The van der Waals surface area contributed by atoms with Crippen molar-refractivity contribution in [3.63, 3.8) is 0 Å². The van der Waals surface area contributed by atoms with Crippen LogP contribution in [0, 0.1) is 11.3 Å². The Morgan fingerprint density at radius 3 is 2.48 bits per heavy atom. The molecule has 2 aromatic carbocycles. The van der Waals surface area contributed by atoms with Crippen molar-refractivity contribution in [2.45, 2.75) is 83.7 Å². The minimum atomic E-state index is -0.717. The number of nitrogens with two attached hydrogens (primary N) is 2. The van der Waals surface area contributed by atoms with Crippen molar-refractivity contribution >= 4 is 52.6 Å². The number of aryl methyl sites for hydroxylation is 1. The van der Waals surface area contributed by atoms with E-state index in [1.807, 2.05) is 24.3 Å². The van der Waals surface area contributed by atoms with E-state index in [2.05, 4.69) is 22.2 Å². The molecule has 8 N–H and O–H groups in total. The Labute approximate surface area is 285 Å². The summed E-state index contributed by atoms with van der Waals surface area (Å²) < 4.78 is 5.69. The van der Waals surface area contributed by atoms with Crippen molar-refractivity contribution in [1.29, 1.82) is 5.41 Å². The van der Waals surface area contributed by atoms with Gasteiger partial charge >= 0.3 is 0 Å². The summed E-state index contributed by atoms with van der Waals surface area (Å²) in [6, 6.07) is 12.3. The lowest BCUT2D eigenvalue weighted by atomic mass is 9.94. The Hall–Kier alpha value is -4.55. The Morgan fingerprint density at radius 1 is 1.00 bits per heavy atom.